The van der Waals surface area contributed by atoms with Gasteiger partial charge in [0.2, 0.25) is 21.8 Å². The number of carbonyl (C=O) groups is 2. The molecule has 0 heterocycles. The third-order valence-electron chi connectivity index (χ3n) is 7.35. The Bertz CT molecular complexity index is 1480. The van der Waals surface area contributed by atoms with Crippen LogP contribution in [0.3, 0.4) is 0 Å². The van der Waals surface area contributed by atoms with E-state index in [0.717, 1.165) is 60.4 Å². The van der Waals surface area contributed by atoms with E-state index < -0.39 is 34.3 Å². The number of rotatable bonds is 11. The fourth-order valence-electron chi connectivity index (χ4n) is 5.15. The van der Waals surface area contributed by atoms with Gasteiger partial charge in [-0.25, -0.2) is 12.8 Å². The number of carbonyl (C=O) groups excluding carboxylic acids is 2. The highest BCUT2D eigenvalue weighted by Gasteiger charge is 2.34. The number of nitrogens with one attached hydrogen (secondary N) is 1. The molecule has 0 aliphatic heterocycles. The van der Waals surface area contributed by atoms with Crippen LogP contribution in [0.5, 0.6) is 0 Å². The monoisotopic (exact) mass is 633 g/mol. The van der Waals surface area contributed by atoms with Crippen LogP contribution in [0, 0.1) is 5.82 Å². The molecule has 3 aromatic rings. The summed E-state index contributed by atoms with van der Waals surface area (Å²) in [4.78, 5) is 29.5. The molecule has 0 spiro atoms. The molecular weight excluding hydrogens is 600 g/mol. The molecular formula is C31H34Cl2FN3O4S. The van der Waals surface area contributed by atoms with Gasteiger partial charge in [-0.3, -0.25) is 13.9 Å². The highest BCUT2D eigenvalue weighted by atomic mass is 35.5. The molecule has 7 nitrogen and oxygen atoms in total. The van der Waals surface area contributed by atoms with Crippen molar-refractivity contribution in [3.8, 4) is 0 Å². The summed E-state index contributed by atoms with van der Waals surface area (Å²) >= 11 is 12.4. The molecule has 2 amide bonds. The molecule has 224 valence electrons. The molecule has 1 fully saturated rings. The molecule has 1 atom stereocenters. The fraction of sp³-hybridized carbons (Fsp3) is 0.355. The molecule has 1 saturated carbocycles. The summed E-state index contributed by atoms with van der Waals surface area (Å²) < 4.78 is 40.2. The van der Waals surface area contributed by atoms with Gasteiger partial charge < -0.3 is 10.2 Å². The Labute approximate surface area is 256 Å². The molecule has 0 radical (unpaired) electrons. The van der Waals surface area contributed by atoms with Gasteiger partial charge in [-0.05, 0) is 60.4 Å². The molecule has 1 N–H and O–H groups in total. The van der Waals surface area contributed by atoms with Gasteiger partial charge in [0.25, 0.3) is 0 Å². The van der Waals surface area contributed by atoms with E-state index in [-0.39, 0.29) is 35.6 Å². The van der Waals surface area contributed by atoms with Crippen molar-refractivity contribution in [2.24, 2.45) is 0 Å². The molecule has 11 heteroatoms. The number of nitrogens with zero attached hydrogens (tertiary/aromatic N) is 2. The van der Waals surface area contributed by atoms with E-state index in [1.54, 1.807) is 18.2 Å². The minimum absolute atomic E-state index is 0.00168. The Morgan fingerprint density at radius 2 is 1.60 bits per heavy atom. The topological polar surface area (TPSA) is 86.8 Å². The molecule has 0 unspecified atom stereocenters. The molecule has 0 aromatic heterocycles. The number of hydrogen-bond donors (Lipinski definition) is 1. The first-order chi connectivity index (χ1) is 20.0. The van der Waals surface area contributed by atoms with Crippen LogP contribution in [0.1, 0.15) is 43.2 Å². The second-order valence-electron chi connectivity index (χ2n) is 10.6. The van der Waals surface area contributed by atoms with E-state index in [4.69, 9.17) is 23.2 Å². The largest absolute Gasteiger partial charge is 0.352 e. The summed E-state index contributed by atoms with van der Waals surface area (Å²) in [6.07, 6.45) is 6.05. The molecule has 1 aliphatic carbocycles. The Balaban J connectivity index is 1.73. The predicted molar refractivity (Wildman–Crippen MR) is 165 cm³/mol. The quantitative estimate of drug-likeness (QED) is 0.281. The van der Waals surface area contributed by atoms with Gasteiger partial charge in [0.1, 0.15) is 18.4 Å². The van der Waals surface area contributed by atoms with Gasteiger partial charge in [0, 0.05) is 19.0 Å². The van der Waals surface area contributed by atoms with Crippen molar-refractivity contribution in [1.29, 1.82) is 0 Å². The van der Waals surface area contributed by atoms with Crippen molar-refractivity contribution in [2.45, 2.75) is 57.2 Å². The lowest BCUT2D eigenvalue weighted by Crippen LogP contribution is -2.55. The zero-order chi connectivity index (χ0) is 30.3. The van der Waals surface area contributed by atoms with Gasteiger partial charge in [0.05, 0.1) is 22.0 Å². The minimum Gasteiger partial charge on any atom is -0.352 e. The number of benzene rings is 3. The minimum atomic E-state index is -3.95. The number of sulfonamides is 1. The average Bonchev–Trinajstić information content (AvgIpc) is 2.96. The van der Waals surface area contributed by atoms with Crippen LogP contribution in [0.4, 0.5) is 10.1 Å². The van der Waals surface area contributed by atoms with E-state index in [2.05, 4.69) is 5.32 Å². The van der Waals surface area contributed by atoms with E-state index in [9.17, 15) is 22.4 Å². The van der Waals surface area contributed by atoms with Crippen molar-refractivity contribution < 1.29 is 22.4 Å². The second kappa shape index (κ2) is 14.4. The number of anilines is 1. The lowest BCUT2D eigenvalue weighted by Gasteiger charge is -2.35. The molecule has 4 rings (SSSR count). The first-order valence-corrected chi connectivity index (χ1v) is 16.4. The van der Waals surface area contributed by atoms with Gasteiger partial charge in [-0.15, -0.1) is 0 Å². The van der Waals surface area contributed by atoms with Crippen LogP contribution in [-0.2, 0) is 32.6 Å². The summed E-state index contributed by atoms with van der Waals surface area (Å²) in [5.41, 5.74) is 1.59. The third kappa shape index (κ3) is 8.69. The zero-order valence-corrected chi connectivity index (χ0v) is 25.6. The second-order valence-corrected chi connectivity index (χ2v) is 13.3. The van der Waals surface area contributed by atoms with Gasteiger partial charge in [-0.2, -0.15) is 0 Å². The SMILES string of the molecule is CS(=O)(=O)N(CC(=O)N(Cc1ccc(Cl)c(Cl)c1)[C@@H](Cc1ccccc1)C(=O)NC1CCCCC1)c1ccc(F)cc1. The number of amides is 2. The average molecular weight is 635 g/mol. The van der Waals surface area contributed by atoms with E-state index in [1.165, 1.54) is 17.0 Å². The van der Waals surface area contributed by atoms with Crippen LogP contribution in [-0.4, -0.2) is 50.0 Å². The highest BCUT2D eigenvalue weighted by Crippen LogP contribution is 2.26. The normalized spacial score (nSPS) is 14.7. The van der Waals surface area contributed by atoms with Crippen molar-refractivity contribution in [1.82, 2.24) is 10.2 Å². The Kier molecular flexibility index (Phi) is 10.9. The first kappa shape index (κ1) is 31.8. The fourth-order valence-corrected chi connectivity index (χ4v) is 6.32. The summed E-state index contributed by atoms with van der Waals surface area (Å²) in [6.45, 7) is -0.611. The van der Waals surface area contributed by atoms with E-state index in [0.29, 0.717) is 10.6 Å². The van der Waals surface area contributed by atoms with E-state index in [1.807, 2.05) is 30.3 Å². The lowest BCUT2D eigenvalue weighted by atomic mass is 9.94. The smallest absolute Gasteiger partial charge is 0.244 e. The van der Waals surface area contributed by atoms with Crippen LogP contribution in [0.2, 0.25) is 10.0 Å². The van der Waals surface area contributed by atoms with Gasteiger partial charge in [0.15, 0.2) is 0 Å². The zero-order valence-electron chi connectivity index (χ0n) is 23.3. The van der Waals surface area contributed by atoms with Gasteiger partial charge >= 0.3 is 0 Å². The summed E-state index contributed by atoms with van der Waals surface area (Å²) in [6, 6.07) is 18.2. The lowest BCUT2D eigenvalue weighted by molar-refractivity contribution is -0.140. The Morgan fingerprint density at radius 1 is 0.929 bits per heavy atom. The summed E-state index contributed by atoms with van der Waals surface area (Å²) in [7, 11) is -3.95. The first-order valence-electron chi connectivity index (χ1n) is 13.8. The highest BCUT2D eigenvalue weighted by molar-refractivity contribution is 7.92. The molecule has 3 aromatic carbocycles. The molecule has 1 aliphatic rings. The maximum atomic E-state index is 14.1. The maximum absolute atomic E-state index is 14.1. The van der Waals surface area contributed by atoms with Crippen molar-refractivity contribution >= 4 is 50.7 Å². The molecule has 42 heavy (non-hydrogen) atoms. The standard InChI is InChI=1S/C31H34Cl2FN3O4S/c1-42(40,41)37(26-15-13-24(34)14-16-26)21-30(38)36(20-23-12-17-27(32)28(33)18-23)29(19-22-8-4-2-5-9-22)31(39)35-25-10-6-3-7-11-25/h2,4-5,8-9,12-18,25,29H,3,6-7,10-11,19-21H2,1H3,(H,35,39)/t29-/m0/s1. The molecule has 0 saturated heterocycles. The van der Waals surface area contributed by atoms with Crippen molar-refractivity contribution in [3.63, 3.8) is 0 Å². The number of halogens is 3. The number of hydrogen-bond acceptors (Lipinski definition) is 4. The van der Waals surface area contributed by atoms with Gasteiger partial charge in [-0.1, -0.05) is 78.9 Å². The van der Waals surface area contributed by atoms with Crippen LogP contribution in [0.15, 0.2) is 72.8 Å². The van der Waals surface area contributed by atoms with Crippen LogP contribution < -0.4 is 9.62 Å². The third-order valence-corrected chi connectivity index (χ3v) is 9.23. The van der Waals surface area contributed by atoms with Crippen molar-refractivity contribution in [3.05, 3.63) is 99.8 Å². The summed E-state index contributed by atoms with van der Waals surface area (Å²) in [5, 5.41) is 3.78. The maximum Gasteiger partial charge on any atom is 0.244 e. The van der Waals surface area contributed by atoms with Crippen LogP contribution >= 0.6 is 23.2 Å². The summed E-state index contributed by atoms with van der Waals surface area (Å²) in [5.74, 6) is -1.45. The predicted octanol–water partition coefficient (Wildman–Crippen LogP) is 5.99. The van der Waals surface area contributed by atoms with E-state index >= 15 is 0 Å². The van der Waals surface area contributed by atoms with Crippen LogP contribution in [0.25, 0.3) is 0 Å². The Hall–Kier alpha value is -3.14. The van der Waals surface area contributed by atoms with Crippen molar-refractivity contribution in [2.75, 3.05) is 17.1 Å². The molecule has 0 bridgehead atoms. The Morgan fingerprint density at radius 3 is 2.21 bits per heavy atom.